The third-order valence-corrected chi connectivity index (χ3v) is 3.55. The molecule has 0 radical (unpaired) electrons. The summed E-state index contributed by atoms with van der Waals surface area (Å²) in [4.78, 5) is 16.4. The number of halogens is 1. The lowest BCUT2D eigenvalue weighted by molar-refractivity contribution is 0.102. The molecule has 0 atom stereocenters. The molecule has 0 aliphatic carbocycles. The Hall–Kier alpha value is -1.75. The second kappa shape index (κ2) is 4.86. The first-order valence-corrected chi connectivity index (χ1v) is 6.17. The van der Waals surface area contributed by atoms with Gasteiger partial charge in [-0.25, -0.2) is 9.37 Å². The number of methoxy groups -OCH3 is 1. The van der Waals surface area contributed by atoms with Crippen molar-refractivity contribution in [2.45, 2.75) is 13.8 Å². The second-order valence-electron chi connectivity index (χ2n) is 3.82. The maximum atomic E-state index is 13.6. The molecule has 0 fully saturated rings. The summed E-state index contributed by atoms with van der Waals surface area (Å²) in [7, 11) is 1.41. The highest BCUT2D eigenvalue weighted by Crippen LogP contribution is 2.30. The summed E-state index contributed by atoms with van der Waals surface area (Å²) < 4.78 is 18.5. The largest absolute Gasteiger partial charge is 0.494 e. The van der Waals surface area contributed by atoms with E-state index in [4.69, 9.17) is 4.74 Å². The number of nitrogens with zero attached hydrogens (tertiary/aromatic N) is 1. The molecule has 2 rings (SSSR count). The quantitative estimate of drug-likeness (QED) is 0.798. The number of thiazole rings is 1. The van der Waals surface area contributed by atoms with Crippen molar-refractivity contribution in [1.82, 2.24) is 4.98 Å². The lowest BCUT2D eigenvalue weighted by Gasteiger charge is -2.04. The maximum Gasteiger partial charge on any atom is 0.172 e. The summed E-state index contributed by atoms with van der Waals surface area (Å²) in [6.07, 6.45) is 0. The monoisotopic (exact) mass is 265 g/mol. The summed E-state index contributed by atoms with van der Waals surface area (Å²) in [5, 5.41) is 0.784. The van der Waals surface area contributed by atoms with Crippen LogP contribution in [0.3, 0.4) is 0 Å². The minimum atomic E-state index is -0.463. The highest BCUT2D eigenvalue weighted by Gasteiger charge is 2.16. The zero-order chi connectivity index (χ0) is 13.3. The van der Waals surface area contributed by atoms with E-state index in [1.54, 1.807) is 6.07 Å². The summed E-state index contributed by atoms with van der Waals surface area (Å²) in [6, 6.07) is 4.56. The molecule has 0 spiro atoms. The number of hydrogen-bond acceptors (Lipinski definition) is 4. The summed E-state index contributed by atoms with van der Waals surface area (Å²) >= 11 is 1.32. The molecule has 18 heavy (non-hydrogen) atoms. The third kappa shape index (κ3) is 2.26. The van der Waals surface area contributed by atoms with Crippen LogP contribution in [0.25, 0.3) is 11.3 Å². The number of Topliss-reactive ketones (excluding diaryl/α,β-unsaturated/α-hetero) is 1. The van der Waals surface area contributed by atoms with E-state index in [1.807, 2.05) is 6.92 Å². The van der Waals surface area contributed by atoms with E-state index in [0.717, 1.165) is 5.01 Å². The van der Waals surface area contributed by atoms with Gasteiger partial charge in [-0.15, -0.1) is 11.3 Å². The molecule has 3 nitrogen and oxygen atoms in total. The van der Waals surface area contributed by atoms with Gasteiger partial charge in [0.15, 0.2) is 17.3 Å². The number of carbonyl (C=O) groups is 1. The Labute approximate surface area is 108 Å². The zero-order valence-electron chi connectivity index (χ0n) is 10.3. The van der Waals surface area contributed by atoms with E-state index in [2.05, 4.69) is 4.98 Å². The molecule has 0 bridgehead atoms. The average molecular weight is 265 g/mol. The van der Waals surface area contributed by atoms with E-state index >= 15 is 0 Å². The van der Waals surface area contributed by atoms with Gasteiger partial charge in [0.2, 0.25) is 0 Å². The van der Waals surface area contributed by atoms with Gasteiger partial charge in [0, 0.05) is 12.5 Å². The second-order valence-corrected chi connectivity index (χ2v) is 5.02. The van der Waals surface area contributed by atoms with Gasteiger partial charge < -0.3 is 4.74 Å². The number of aryl methyl sites for hydroxylation is 1. The van der Waals surface area contributed by atoms with E-state index < -0.39 is 5.82 Å². The smallest absolute Gasteiger partial charge is 0.172 e. The zero-order valence-corrected chi connectivity index (χ0v) is 11.1. The van der Waals surface area contributed by atoms with Crippen LogP contribution in [-0.2, 0) is 0 Å². The fraction of sp³-hybridized carbons (Fsp3) is 0.231. The van der Waals surface area contributed by atoms with Crippen molar-refractivity contribution in [2.75, 3.05) is 7.11 Å². The Balaban J connectivity index is 2.55. The van der Waals surface area contributed by atoms with E-state index in [1.165, 1.54) is 37.5 Å². The van der Waals surface area contributed by atoms with Crippen LogP contribution in [0.5, 0.6) is 5.75 Å². The predicted octanol–water partition coefficient (Wildman–Crippen LogP) is 3.47. The van der Waals surface area contributed by atoms with Crippen molar-refractivity contribution in [3.05, 3.63) is 33.9 Å². The Morgan fingerprint density at radius 1 is 1.44 bits per heavy atom. The highest BCUT2D eigenvalue weighted by molar-refractivity contribution is 7.14. The number of hydrogen-bond donors (Lipinski definition) is 0. The van der Waals surface area contributed by atoms with Crippen molar-refractivity contribution in [3.63, 3.8) is 0 Å². The minimum Gasteiger partial charge on any atom is -0.494 e. The summed E-state index contributed by atoms with van der Waals surface area (Å²) in [5.74, 6) is -0.350. The number of rotatable bonds is 3. The molecule has 0 amide bonds. The number of ether oxygens (including phenoxy) is 1. The van der Waals surface area contributed by atoms with Gasteiger partial charge >= 0.3 is 0 Å². The lowest BCUT2D eigenvalue weighted by atomic mass is 10.1. The van der Waals surface area contributed by atoms with Gasteiger partial charge in [-0.05, 0) is 25.1 Å². The van der Waals surface area contributed by atoms with Gasteiger partial charge in [-0.2, -0.15) is 0 Å². The van der Waals surface area contributed by atoms with Crippen LogP contribution in [0.4, 0.5) is 4.39 Å². The minimum absolute atomic E-state index is 0.0631. The molecule has 0 aliphatic heterocycles. The van der Waals surface area contributed by atoms with Crippen LogP contribution < -0.4 is 4.74 Å². The van der Waals surface area contributed by atoms with Crippen molar-refractivity contribution in [1.29, 1.82) is 0 Å². The van der Waals surface area contributed by atoms with E-state index in [9.17, 15) is 9.18 Å². The molecule has 1 aromatic heterocycles. The molecule has 0 N–H and O–H groups in total. The number of ketones is 1. The van der Waals surface area contributed by atoms with Gasteiger partial charge in [0.1, 0.15) is 0 Å². The number of aromatic nitrogens is 1. The molecule has 1 aromatic carbocycles. The molecule has 94 valence electrons. The molecule has 1 heterocycles. The van der Waals surface area contributed by atoms with Crippen LogP contribution in [0, 0.1) is 12.7 Å². The third-order valence-electron chi connectivity index (χ3n) is 2.48. The standard InChI is InChI=1S/C13H12FNO2S/c1-7(16)13-12(15-8(2)18-13)9-4-5-11(17-3)10(14)6-9/h4-6H,1-3H3. The summed E-state index contributed by atoms with van der Waals surface area (Å²) in [5.41, 5.74) is 1.12. The lowest BCUT2D eigenvalue weighted by Crippen LogP contribution is -1.93. The fourth-order valence-corrected chi connectivity index (χ4v) is 2.51. The number of benzene rings is 1. The van der Waals surface area contributed by atoms with Crippen LogP contribution in [0.1, 0.15) is 21.6 Å². The van der Waals surface area contributed by atoms with E-state index in [0.29, 0.717) is 16.1 Å². The Bertz CT molecular complexity index is 607. The Morgan fingerprint density at radius 3 is 2.72 bits per heavy atom. The van der Waals surface area contributed by atoms with Gasteiger partial charge in [-0.3, -0.25) is 4.79 Å². The Morgan fingerprint density at radius 2 is 2.17 bits per heavy atom. The van der Waals surface area contributed by atoms with Gasteiger partial charge in [0.05, 0.1) is 22.7 Å². The molecule has 0 unspecified atom stereocenters. The van der Waals surface area contributed by atoms with E-state index in [-0.39, 0.29) is 11.5 Å². The normalized spacial score (nSPS) is 10.4. The Kier molecular flexibility index (Phi) is 3.43. The molecule has 5 heteroatoms. The SMILES string of the molecule is COc1ccc(-c2nc(C)sc2C(C)=O)cc1F. The topological polar surface area (TPSA) is 39.2 Å². The van der Waals surface area contributed by atoms with Crippen molar-refractivity contribution >= 4 is 17.1 Å². The van der Waals surface area contributed by atoms with Gasteiger partial charge in [-0.1, -0.05) is 0 Å². The van der Waals surface area contributed by atoms with Crippen LogP contribution in [0.2, 0.25) is 0 Å². The van der Waals surface area contributed by atoms with Crippen molar-refractivity contribution in [3.8, 4) is 17.0 Å². The maximum absolute atomic E-state index is 13.6. The molecule has 2 aromatic rings. The van der Waals surface area contributed by atoms with Crippen LogP contribution in [-0.4, -0.2) is 17.9 Å². The molecular weight excluding hydrogens is 253 g/mol. The van der Waals surface area contributed by atoms with Crippen LogP contribution in [0.15, 0.2) is 18.2 Å². The first-order valence-electron chi connectivity index (χ1n) is 5.35. The highest BCUT2D eigenvalue weighted by atomic mass is 32.1. The molecular formula is C13H12FNO2S. The predicted molar refractivity (Wildman–Crippen MR) is 68.8 cm³/mol. The molecule has 0 saturated carbocycles. The molecule has 0 aliphatic rings. The first kappa shape index (κ1) is 12.7. The van der Waals surface area contributed by atoms with Crippen molar-refractivity contribution in [2.24, 2.45) is 0 Å². The van der Waals surface area contributed by atoms with Crippen molar-refractivity contribution < 1.29 is 13.9 Å². The first-order chi connectivity index (χ1) is 8.52. The summed E-state index contributed by atoms with van der Waals surface area (Å²) in [6.45, 7) is 3.30. The molecule has 0 saturated heterocycles. The van der Waals surface area contributed by atoms with Crippen LogP contribution >= 0.6 is 11.3 Å². The van der Waals surface area contributed by atoms with Gasteiger partial charge in [0.25, 0.3) is 0 Å². The average Bonchev–Trinajstić information content (AvgIpc) is 2.71. The fourth-order valence-electron chi connectivity index (χ4n) is 1.68. The number of carbonyl (C=O) groups excluding carboxylic acids is 1.